The Morgan fingerprint density at radius 1 is 0.667 bits per heavy atom. The number of hydrogen-bond acceptors (Lipinski definition) is 4. The van der Waals surface area contributed by atoms with Gasteiger partial charge in [0.25, 0.3) is 0 Å². The lowest BCUT2D eigenvalue weighted by Crippen LogP contribution is -2.01. The number of ether oxygens (including phenoxy) is 2. The molecular formula is C38H30BCl2NO3. The molecule has 0 bridgehead atoms. The summed E-state index contributed by atoms with van der Waals surface area (Å²) in [5, 5.41) is 5.34. The standard InChI is InChI=1S/C38H30BCl2NO3/c1-24(2)38-33(37(42-45-38)36-34(40)7-4-8-35(36)41)23-44-32-19-13-28(14-20-32)29-6-3-5-25(21-29)22-43-31-17-11-27(12-18-31)26-9-15-30(39)16-10-26/h3-21,24H,22-23H2,1-2H3. The second kappa shape index (κ2) is 13.7. The lowest BCUT2D eigenvalue weighted by atomic mass is 9.94. The summed E-state index contributed by atoms with van der Waals surface area (Å²) in [4.78, 5) is 0. The summed E-state index contributed by atoms with van der Waals surface area (Å²) in [6.07, 6.45) is 0. The van der Waals surface area contributed by atoms with E-state index in [2.05, 4.69) is 49.3 Å². The van der Waals surface area contributed by atoms with Crippen LogP contribution in [0.2, 0.25) is 10.0 Å². The second-order valence-corrected chi connectivity index (χ2v) is 11.9. The molecule has 0 saturated carbocycles. The molecule has 0 saturated heterocycles. The van der Waals surface area contributed by atoms with Gasteiger partial charge in [-0.2, -0.15) is 0 Å². The number of hydrogen-bond donors (Lipinski definition) is 0. The summed E-state index contributed by atoms with van der Waals surface area (Å²) in [6, 6.07) is 37.7. The van der Waals surface area contributed by atoms with Crippen molar-refractivity contribution >= 4 is 36.5 Å². The van der Waals surface area contributed by atoms with Gasteiger partial charge in [-0.05, 0) is 70.3 Å². The quantitative estimate of drug-likeness (QED) is 0.141. The molecule has 0 aliphatic carbocycles. The Labute approximate surface area is 274 Å². The van der Waals surface area contributed by atoms with Gasteiger partial charge in [0.2, 0.25) is 0 Å². The molecule has 0 fully saturated rings. The van der Waals surface area contributed by atoms with E-state index in [0.717, 1.165) is 56.1 Å². The van der Waals surface area contributed by atoms with Crippen LogP contribution in [0.5, 0.6) is 11.5 Å². The molecule has 0 spiro atoms. The van der Waals surface area contributed by atoms with Crippen molar-refractivity contribution in [3.8, 4) is 45.0 Å². The number of benzene rings is 5. The van der Waals surface area contributed by atoms with Crippen LogP contribution in [0.4, 0.5) is 0 Å². The van der Waals surface area contributed by atoms with Crippen LogP contribution in [0.1, 0.15) is 36.7 Å². The molecule has 7 heteroatoms. The van der Waals surface area contributed by atoms with Crippen molar-refractivity contribution in [2.45, 2.75) is 33.0 Å². The van der Waals surface area contributed by atoms with Crippen LogP contribution in [-0.2, 0) is 13.2 Å². The van der Waals surface area contributed by atoms with Crippen LogP contribution in [0.3, 0.4) is 0 Å². The van der Waals surface area contributed by atoms with E-state index in [1.54, 1.807) is 18.2 Å². The zero-order valence-electron chi connectivity index (χ0n) is 25.0. The zero-order chi connectivity index (χ0) is 31.3. The molecule has 6 rings (SSSR count). The minimum Gasteiger partial charge on any atom is -0.489 e. The van der Waals surface area contributed by atoms with Gasteiger partial charge in [0.15, 0.2) is 0 Å². The largest absolute Gasteiger partial charge is 0.489 e. The smallest absolute Gasteiger partial charge is 0.146 e. The minimum absolute atomic E-state index is 0.110. The molecule has 4 nitrogen and oxygen atoms in total. The maximum Gasteiger partial charge on any atom is 0.146 e. The Bertz CT molecular complexity index is 1880. The van der Waals surface area contributed by atoms with E-state index >= 15 is 0 Å². The average Bonchev–Trinajstić information content (AvgIpc) is 3.47. The average molecular weight is 630 g/mol. The van der Waals surface area contributed by atoms with Gasteiger partial charge in [-0.3, -0.25) is 0 Å². The Kier molecular flexibility index (Phi) is 9.30. The van der Waals surface area contributed by atoms with Crippen LogP contribution >= 0.6 is 23.2 Å². The molecule has 1 aromatic heterocycles. The van der Waals surface area contributed by atoms with E-state index in [0.29, 0.717) is 27.9 Å². The molecule has 2 radical (unpaired) electrons. The van der Waals surface area contributed by atoms with Gasteiger partial charge in [0.1, 0.15) is 44.0 Å². The van der Waals surface area contributed by atoms with E-state index in [9.17, 15) is 0 Å². The van der Waals surface area contributed by atoms with Gasteiger partial charge in [0, 0.05) is 11.5 Å². The molecular weight excluding hydrogens is 600 g/mol. The Morgan fingerprint density at radius 3 is 1.80 bits per heavy atom. The predicted octanol–water partition coefficient (Wildman–Crippen LogP) is 10.1. The van der Waals surface area contributed by atoms with Crippen LogP contribution < -0.4 is 14.9 Å². The summed E-state index contributed by atoms with van der Waals surface area (Å²) < 4.78 is 18.0. The SMILES string of the molecule is [B]c1ccc(-c2ccc(OCc3cccc(-c4ccc(OCc5c(-c6c(Cl)cccc6Cl)noc5C(C)C)cc4)c3)cc2)cc1. The molecule has 1 heterocycles. The molecule has 45 heavy (non-hydrogen) atoms. The van der Waals surface area contributed by atoms with Gasteiger partial charge in [-0.15, -0.1) is 0 Å². The summed E-state index contributed by atoms with van der Waals surface area (Å²) in [6.45, 7) is 4.83. The fourth-order valence-electron chi connectivity index (χ4n) is 5.16. The van der Waals surface area contributed by atoms with E-state index in [4.69, 9.17) is 45.0 Å². The number of nitrogens with zero attached hydrogens (tertiary/aromatic N) is 1. The number of aromatic nitrogens is 1. The molecule has 5 aromatic carbocycles. The normalized spacial score (nSPS) is 11.1. The van der Waals surface area contributed by atoms with Crippen molar-refractivity contribution in [1.29, 1.82) is 0 Å². The van der Waals surface area contributed by atoms with Crippen molar-refractivity contribution in [3.05, 3.63) is 142 Å². The molecule has 6 aromatic rings. The number of halogens is 2. The Hall–Kier alpha value is -4.45. The lowest BCUT2D eigenvalue weighted by Gasteiger charge is -2.12. The van der Waals surface area contributed by atoms with Crippen LogP contribution in [0, 0.1) is 0 Å². The van der Waals surface area contributed by atoms with Crippen LogP contribution in [0.25, 0.3) is 33.5 Å². The Balaban J connectivity index is 1.11. The van der Waals surface area contributed by atoms with Crippen LogP contribution in [0.15, 0.2) is 120 Å². The summed E-state index contributed by atoms with van der Waals surface area (Å²) in [7, 11) is 5.81. The fraction of sp³-hybridized carbons (Fsp3) is 0.132. The third-order valence-corrected chi connectivity index (χ3v) is 8.17. The number of rotatable bonds is 10. The molecule has 0 aliphatic rings. The molecule has 0 N–H and O–H groups in total. The van der Waals surface area contributed by atoms with Crippen molar-refractivity contribution in [3.63, 3.8) is 0 Å². The van der Waals surface area contributed by atoms with Crippen molar-refractivity contribution in [2.75, 3.05) is 0 Å². The zero-order valence-corrected chi connectivity index (χ0v) is 26.5. The van der Waals surface area contributed by atoms with E-state index in [1.165, 1.54) is 0 Å². The highest BCUT2D eigenvalue weighted by molar-refractivity contribution is 6.39. The van der Waals surface area contributed by atoms with Crippen LogP contribution in [-0.4, -0.2) is 13.0 Å². The maximum absolute atomic E-state index is 6.49. The predicted molar refractivity (Wildman–Crippen MR) is 184 cm³/mol. The van der Waals surface area contributed by atoms with Gasteiger partial charge in [0.05, 0.1) is 15.6 Å². The van der Waals surface area contributed by atoms with Gasteiger partial charge in [-0.1, -0.05) is 120 Å². The summed E-state index contributed by atoms with van der Waals surface area (Å²) in [5.74, 6) is 2.40. The third kappa shape index (κ3) is 7.11. The summed E-state index contributed by atoms with van der Waals surface area (Å²) >= 11 is 13.0. The molecule has 0 amide bonds. The first-order valence-corrected chi connectivity index (χ1v) is 15.4. The molecule has 0 aliphatic heterocycles. The highest BCUT2D eigenvalue weighted by Crippen LogP contribution is 2.39. The first-order chi connectivity index (χ1) is 21.9. The van der Waals surface area contributed by atoms with E-state index < -0.39 is 0 Å². The molecule has 222 valence electrons. The van der Waals surface area contributed by atoms with Crippen molar-refractivity contribution in [1.82, 2.24) is 5.16 Å². The first-order valence-electron chi connectivity index (χ1n) is 14.7. The highest BCUT2D eigenvalue weighted by Gasteiger charge is 2.23. The van der Waals surface area contributed by atoms with Gasteiger partial charge in [-0.25, -0.2) is 0 Å². The van der Waals surface area contributed by atoms with Crippen molar-refractivity contribution < 1.29 is 14.0 Å². The second-order valence-electron chi connectivity index (χ2n) is 11.1. The summed E-state index contributed by atoms with van der Waals surface area (Å²) in [5.41, 5.74) is 8.31. The minimum atomic E-state index is 0.110. The topological polar surface area (TPSA) is 44.5 Å². The van der Waals surface area contributed by atoms with Gasteiger partial charge < -0.3 is 14.0 Å². The van der Waals surface area contributed by atoms with E-state index in [1.807, 2.05) is 66.7 Å². The van der Waals surface area contributed by atoms with E-state index in [-0.39, 0.29) is 12.5 Å². The first kappa shape index (κ1) is 30.6. The van der Waals surface area contributed by atoms with Crippen molar-refractivity contribution in [2.24, 2.45) is 0 Å². The fourth-order valence-corrected chi connectivity index (χ4v) is 5.74. The maximum atomic E-state index is 6.49. The monoisotopic (exact) mass is 629 g/mol. The molecule has 0 unspecified atom stereocenters. The highest BCUT2D eigenvalue weighted by atomic mass is 35.5. The Morgan fingerprint density at radius 2 is 1.20 bits per heavy atom. The molecule has 0 atom stereocenters. The lowest BCUT2D eigenvalue weighted by molar-refractivity contribution is 0.298. The van der Waals surface area contributed by atoms with Gasteiger partial charge >= 0.3 is 0 Å². The third-order valence-electron chi connectivity index (χ3n) is 7.54.